The molecule has 0 unspecified atom stereocenters. The number of unbranched alkanes of at least 4 members (excludes halogenated alkanes) is 1. The lowest BCUT2D eigenvalue weighted by molar-refractivity contribution is 0.548. The van der Waals surface area contributed by atoms with Gasteiger partial charge in [0.1, 0.15) is 0 Å². The molecule has 1 aromatic heterocycles. The number of nitrogens with two attached hydrogens (primary N) is 1. The Morgan fingerprint density at radius 2 is 2.13 bits per heavy atom. The largest absolute Gasteiger partial charge is 0.388 e. The Bertz CT molecular complexity index is 357. The minimum absolute atomic E-state index is 0.251. The molecule has 1 rings (SSSR count). The van der Waals surface area contributed by atoms with Crippen molar-refractivity contribution in [2.45, 2.75) is 39.7 Å². The van der Waals surface area contributed by atoms with Crippen LogP contribution >= 0.6 is 11.6 Å². The highest BCUT2D eigenvalue weighted by Gasteiger charge is 2.08. The molecule has 0 saturated carbocycles. The predicted molar refractivity (Wildman–Crippen MR) is 62.5 cm³/mol. The van der Waals surface area contributed by atoms with E-state index in [1.807, 2.05) is 18.5 Å². The number of aryl methyl sites for hydroxylation is 2. The van der Waals surface area contributed by atoms with Crippen molar-refractivity contribution in [2.24, 2.45) is 5.73 Å². The Balaban J connectivity index is 2.44. The maximum atomic E-state index is 7.09. The molecule has 0 aliphatic rings. The van der Waals surface area contributed by atoms with Gasteiger partial charge in [0, 0.05) is 13.0 Å². The van der Waals surface area contributed by atoms with Gasteiger partial charge < -0.3 is 5.73 Å². The summed E-state index contributed by atoms with van der Waals surface area (Å²) in [5.41, 5.74) is 7.16. The molecule has 0 amide bonds. The van der Waals surface area contributed by atoms with Gasteiger partial charge in [-0.2, -0.15) is 5.10 Å². The molecule has 0 radical (unpaired) electrons. The van der Waals surface area contributed by atoms with E-state index in [0.29, 0.717) is 6.42 Å². The van der Waals surface area contributed by atoms with Crippen LogP contribution in [0.5, 0.6) is 0 Å². The molecule has 0 aliphatic heterocycles. The van der Waals surface area contributed by atoms with Gasteiger partial charge >= 0.3 is 0 Å². The maximum absolute atomic E-state index is 7.09. The fourth-order valence-corrected chi connectivity index (χ4v) is 1.61. The van der Waals surface area contributed by atoms with Gasteiger partial charge in [0.25, 0.3) is 0 Å². The van der Waals surface area contributed by atoms with Crippen LogP contribution in [0.25, 0.3) is 0 Å². The van der Waals surface area contributed by atoms with E-state index in [-0.39, 0.29) is 5.84 Å². The first-order chi connectivity index (χ1) is 7.02. The van der Waals surface area contributed by atoms with Gasteiger partial charge in [0.15, 0.2) is 0 Å². The number of rotatable bonds is 5. The summed E-state index contributed by atoms with van der Waals surface area (Å²) in [5.74, 6) is 0.251. The molecule has 15 heavy (non-hydrogen) atoms. The molecule has 0 spiro atoms. The highest BCUT2D eigenvalue weighted by molar-refractivity contribution is 6.31. The van der Waals surface area contributed by atoms with Crippen LogP contribution in [0.3, 0.4) is 0 Å². The van der Waals surface area contributed by atoms with Crippen molar-refractivity contribution < 1.29 is 0 Å². The number of hydrogen-bond acceptors (Lipinski definition) is 2. The molecule has 1 aromatic rings. The van der Waals surface area contributed by atoms with E-state index in [0.717, 1.165) is 35.8 Å². The Labute approximate surface area is 94.9 Å². The van der Waals surface area contributed by atoms with Crippen molar-refractivity contribution in [3.63, 3.8) is 0 Å². The number of nitrogens with one attached hydrogen (secondary N) is 1. The lowest BCUT2D eigenvalue weighted by atomic mass is 10.2. The zero-order valence-corrected chi connectivity index (χ0v) is 9.93. The Kier molecular flexibility index (Phi) is 4.15. The molecule has 0 aromatic carbocycles. The van der Waals surface area contributed by atoms with Crippen molar-refractivity contribution in [3.8, 4) is 0 Å². The van der Waals surface area contributed by atoms with Crippen LogP contribution in [0.4, 0.5) is 0 Å². The minimum Gasteiger partial charge on any atom is -0.388 e. The fourth-order valence-electron chi connectivity index (χ4n) is 1.47. The summed E-state index contributed by atoms with van der Waals surface area (Å²) in [5, 5.41) is 12.2. The molecule has 0 atom stereocenters. The summed E-state index contributed by atoms with van der Waals surface area (Å²) in [6, 6.07) is 0. The third kappa shape index (κ3) is 3.23. The van der Waals surface area contributed by atoms with Gasteiger partial charge in [0.05, 0.1) is 22.2 Å². The van der Waals surface area contributed by atoms with Gasteiger partial charge in [0.2, 0.25) is 0 Å². The molecule has 0 bridgehead atoms. The second kappa shape index (κ2) is 5.16. The summed E-state index contributed by atoms with van der Waals surface area (Å²) in [7, 11) is 0. The molecule has 1 heterocycles. The monoisotopic (exact) mass is 228 g/mol. The zero-order valence-electron chi connectivity index (χ0n) is 9.18. The van der Waals surface area contributed by atoms with E-state index >= 15 is 0 Å². The van der Waals surface area contributed by atoms with E-state index in [9.17, 15) is 0 Å². The van der Waals surface area contributed by atoms with Crippen LogP contribution in [-0.4, -0.2) is 15.6 Å². The molecule has 0 saturated heterocycles. The van der Waals surface area contributed by atoms with E-state index in [1.165, 1.54) is 0 Å². The Morgan fingerprint density at radius 1 is 1.47 bits per heavy atom. The minimum atomic E-state index is 0.251. The first-order valence-corrected chi connectivity index (χ1v) is 5.42. The van der Waals surface area contributed by atoms with Crippen LogP contribution < -0.4 is 5.73 Å². The topological polar surface area (TPSA) is 67.7 Å². The van der Waals surface area contributed by atoms with E-state index in [4.69, 9.17) is 22.7 Å². The third-order valence-corrected chi connectivity index (χ3v) is 2.91. The second-order valence-corrected chi connectivity index (χ2v) is 4.07. The van der Waals surface area contributed by atoms with Gasteiger partial charge in [-0.1, -0.05) is 11.6 Å². The maximum Gasteiger partial charge on any atom is 0.0905 e. The van der Waals surface area contributed by atoms with E-state index in [1.54, 1.807) is 0 Å². The Morgan fingerprint density at radius 3 is 2.60 bits per heavy atom. The number of hydrogen-bond donors (Lipinski definition) is 2. The first kappa shape index (κ1) is 12.0. The summed E-state index contributed by atoms with van der Waals surface area (Å²) in [6.45, 7) is 4.71. The molecule has 4 nitrogen and oxygen atoms in total. The highest BCUT2D eigenvalue weighted by Crippen LogP contribution is 2.19. The van der Waals surface area contributed by atoms with Gasteiger partial charge in [-0.15, -0.1) is 0 Å². The smallest absolute Gasteiger partial charge is 0.0905 e. The quantitative estimate of drug-likeness (QED) is 0.461. The lowest BCUT2D eigenvalue weighted by Gasteiger charge is -2.03. The SMILES string of the molecule is Cc1nn(CCCCC(=N)N)c(C)c1Cl. The van der Waals surface area contributed by atoms with Crippen LogP contribution in [-0.2, 0) is 6.54 Å². The summed E-state index contributed by atoms with van der Waals surface area (Å²) >= 11 is 6.02. The highest BCUT2D eigenvalue weighted by atomic mass is 35.5. The molecule has 5 heteroatoms. The average molecular weight is 229 g/mol. The van der Waals surface area contributed by atoms with Gasteiger partial charge in [-0.25, -0.2) is 0 Å². The first-order valence-electron chi connectivity index (χ1n) is 5.04. The number of aromatic nitrogens is 2. The van der Waals surface area contributed by atoms with Crippen molar-refractivity contribution >= 4 is 17.4 Å². The van der Waals surface area contributed by atoms with Crippen molar-refractivity contribution in [2.75, 3.05) is 0 Å². The fraction of sp³-hybridized carbons (Fsp3) is 0.600. The average Bonchev–Trinajstić information content (AvgIpc) is 2.41. The second-order valence-electron chi connectivity index (χ2n) is 3.69. The third-order valence-electron chi connectivity index (χ3n) is 2.36. The zero-order chi connectivity index (χ0) is 11.4. The normalized spacial score (nSPS) is 10.6. The lowest BCUT2D eigenvalue weighted by Crippen LogP contribution is -2.09. The van der Waals surface area contributed by atoms with Crippen LogP contribution in [0, 0.1) is 19.3 Å². The molecule has 0 fully saturated rings. The van der Waals surface area contributed by atoms with E-state index in [2.05, 4.69) is 5.10 Å². The van der Waals surface area contributed by atoms with Crippen molar-refractivity contribution in [3.05, 3.63) is 16.4 Å². The van der Waals surface area contributed by atoms with Crippen molar-refractivity contribution in [1.29, 1.82) is 5.41 Å². The van der Waals surface area contributed by atoms with Crippen LogP contribution in [0.2, 0.25) is 5.02 Å². The summed E-state index contributed by atoms with van der Waals surface area (Å²) in [6.07, 6.45) is 2.55. The van der Waals surface area contributed by atoms with Gasteiger partial charge in [-0.05, 0) is 26.7 Å². The molecule has 0 aliphatic carbocycles. The summed E-state index contributed by atoms with van der Waals surface area (Å²) < 4.78 is 1.91. The van der Waals surface area contributed by atoms with Gasteiger partial charge in [-0.3, -0.25) is 10.1 Å². The molecule has 84 valence electrons. The van der Waals surface area contributed by atoms with Crippen molar-refractivity contribution in [1.82, 2.24) is 9.78 Å². The van der Waals surface area contributed by atoms with Crippen LogP contribution in [0.15, 0.2) is 0 Å². The standard InChI is InChI=1S/C10H17ClN4/c1-7-10(11)8(2)15(14-7)6-4-3-5-9(12)13/h3-6H2,1-2H3,(H3,12,13). The predicted octanol–water partition coefficient (Wildman–Crippen LogP) is 2.26. The molecule has 3 N–H and O–H groups in total. The Hall–Kier alpha value is -1.03. The van der Waals surface area contributed by atoms with E-state index < -0.39 is 0 Å². The number of amidine groups is 1. The molecular formula is C10H17ClN4. The number of halogens is 1. The summed E-state index contributed by atoms with van der Waals surface area (Å²) in [4.78, 5) is 0. The molecular weight excluding hydrogens is 212 g/mol. The van der Waals surface area contributed by atoms with Crippen LogP contribution in [0.1, 0.15) is 30.7 Å². The number of nitrogens with zero attached hydrogens (tertiary/aromatic N) is 2.